The summed E-state index contributed by atoms with van der Waals surface area (Å²) < 4.78 is 27.5. The number of aliphatic hydroxyl groups excluding tert-OH is 2. The molecule has 9 heteroatoms. The summed E-state index contributed by atoms with van der Waals surface area (Å²) >= 11 is 0. The third-order valence-corrected chi connectivity index (χ3v) is 5.34. The monoisotopic (exact) mass is 394 g/mol. The zero-order chi connectivity index (χ0) is 20.5. The van der Waals surface area contributed by atoms with Crippen LogP contribution in [0.1, 0.15) is 18.7 Å². The number of benzene rings is 1. The van der Waals surface area contributed by atoms with Crippen molar-refractivity contribution >= 4 is 0 Å². The van der Waals surface area contributed by atoms with E-state index in [1.807, 2.05) is 0 Å². The first-order valence-electron chi connectivity index (χ1n) is 8.85. The van der Waals surface area contributed by atoms with Gasteiger partial charge >= 0.3 is 5.69 Å². The predicted molar refractivity (Wildman–Crippen MR) is 98.1 cm³/mol. The molecule has 1 aromatic heterocycles. The van der Waals surface area contributed by atoms with Gasteiger partial charge in [-0.05, 0) is 17.7 Å². The summed E-state index contributed by atoms with van der Waals surface area (Å²) in [6.07, 6.45) is -1.84. The number of nitrogens with zero attached hydrogens (tertiary/aromatic N) is 2. The maximum absolute atomic E-state index is 14.9. The Morgan fingerprint density at radius 2 is 1.82 bits per heavy atom. The molecule has 0 saturated carbocycles. The second kappa shape index (κ2) is 7.86. The molecule has 3 rings (SSSR count). The molecule has 28 heavy (non-hydrogen) atoms. The molecule has 2 N–H and O–H groups in total. The molecule has 1 fully saturated rings. The lowest BCUT2D eigenvalue weighted by molar-refractivity contribution is -0.136. The summed E-state index contributed by atoms with van der Waals surface area (Å²) in [5, 5.41) is 19.1. The highest BCUT2D eigenvalue weighted by Crippen LogP contribution is 2.42. The number of aliphatic hydroxyl groups is 2. The first-order valence-corrected chi connectivity index (χ1v) is 8.85. The zero-order valence-corrected chi connectivity index (χ0v) is 15.6. The van der Waals surface area contributed by atoms with Crippen LogP contribution in [0, 0.1) is 5.92 Å². The summed E-state index contributed by atoms with van der Waals surface area (Å²) in [4.78, 5) is 25.1. The van der Waals surface area contributed by atoms with Gasteiger partial charge in [0, 0.05) is 18.2 Å². The van der Waals surface area contributed by atoms with Crippen LogP contribution in [0.4, 0.5) is 4.39 Å². The normalized spacial score (nSPS) is 23.7. The average Bonchev–Trinajstić information content (AvgIpc) is 2.97. The van der Waals surface area contributed by atoms with E-state index in [-0.39, 0.29) is 6.54 Å². The van der Waals surface area contributed by atoms with Gasteiger partial charge in [-0.25, -0.2) is 9.18 Å². The molecule has 0 spiro atoms. The molecule has 2 heterocycles. The molecule has 1 aliphatic rings. The smallest absolute Gasteiger partial charge is 0.333 e. The molecular formula is C19H23FN2O6. The largest absolute Gasteiger partial charge is 0.497 e. The Balaban J connectivity index is 1.97. The summed E-state index contributed by atoms with van der Waals surface area (Å²) in [5.41, 5.74) is -2.08. The van der Waals surface area contributed by atoms with Crippen molar-refractivity contribution in [3.63, 3.8) is 0 Å². The van der Waals surface area contributed by atoms with Crippen molar-refractivity contribution in [2.24, 2.45) is 5.92 Å². The number of alkyl halides is 1. The number of hydrogen-bond donors (Lipinski definition) is 2. The Morgan fingerprint density at radius 3 is 2.36 bits per heavy atom. The summed E-state index contributed by atoms with van der Waals surface area (Å²) in [6.45, 7) is 0.298. The average molecular weight is 394 g/mol. The van der Waals surface area contributed by atoms with E-state index in [0.717, 1.165) is 15.2 Å². The van der Waals surface area contributed by atoms with E-state index in [2.05, 4.69) is 0 Å². The van der Waals surface area contributed by atoms with Crippen LogP contribution in [-0.2, 0) is 11.3 Å². The van der Waals surface area contributed by atoms with Gasteiger partial charge in [-0.1, -0.05) is 19.1 Å². The SMILES string of the molecule is COc1ccc(Cn2c(=O)ccn([C@@H]3OC(CO)(CO)[C@@H](C)[C@H]3F)c2=O)cc1. The zero-order valence-electron chi connectivity index (χ0n) is 15.6. The maximum Gasteiger partial charge on any atom is 0.333 e. The predicted octanol–water partition coefficient (Wildman–Crippen LogP) is 0.293. The lowest BCUT2D eigenvalue weighted by atomic mass is 9.89. The molecule has 1 aliphatic heterocycles. The van der Waals surface area contributed by atoms with Crippen LogP contribution in [0.5, 0.6) is 5.75 Å². The Bertz CT molecular complexity index is 935. The molecule has 8 nitrogen and oxygen atoms in total. The van der Waals surface area contributed by atoms with Crippen molar-refractivity contribution in [2.45, 2.75) is 31.5 Å². The Morgan fingerprint density at radius 1 is 1.18 bits per heavy atom. The van der Waals surface area contributed by atoms with E-state index in [9.17, 15) is 24.2 Å². The van der Waals surface area contributed by atoms with Crippen molar-refractivity contribution < 1.29 is 24.1 Å². The molecule has 0 radical (unpaired) electrons. The van der Waals surface area contributed by atoms with Gasteiger partial charge in [-0.2, -0.15) is 0 Å². The van der Waals surface area contributed by atoms with E-state index < -0.39 is 48.4 Å². The van der Waals surface area contributed by atoms with Crippen LogP contribution >= 0.6 is 0 Å². The van der Waals surface area contributed by atoms with E-state index in [1.54, 1.807) is 24.3 Å². The Kier molecular flexibility index (Phi) is 5.69. The van der Waals surface area contributed by atoms with Gasteiger partial charge in [0.15, 0.2) is 12.4 Å². The molecule has 1 aromatic carbocycles. The number of rotatable bonds is 6. The lowest BCUT2D eigenvalue weighted by Crippen LogP contribution is -2.44. The topological polar surface area (TPSA) is 103 Å². The lowest BCUT2D eigenvalue weighted by Gasteiger charge is -2.28. The highest BCUT2D eigenvalue weighted by molar-refractivity contribution is 5.27. The van der Waals surface area contributed by atoms with Gasteiger partial charge in [0.2, 0.25) is 0 Å². The van der Waals surface area contributed by atoms with Crippen LogP contribution in [0.3, 0.4) is 0 Å². The van der Waals surface area contributed by atoms with Crippen molar-refractivity contribution in [2.75, 3.05) is 20.3 Å². The molecular weight excluding hydrogens is 371 g/mol. The second-order valence-electron chi connectivity index (χ2n) is 6.90. The Hall–Kier alpha value is -2.49. The fraction of sp³-hybridized carbons (Fsp3) is 0.474. The van der Waals surface area contributed by atoms with Gasteiger partial charge in [-0.15, -0.1) is 0 Å². The fourth-order valence-electron chi connectivity index (χ4n) is 3.36. The minimum absolute atomic E-state index is 0.00707. The molecule has 2 aromatic rings. The first-order chi connectivity index (χ1) is 13.4. The number of aromatic nitrogens is 2. The standard InChI is InChI=1S/C19H23FN2O6/c1-12-16(20)17(28-19(12,10-23)11-24)21-8-7-15(25)22(18(21)26)9-13-3-5-14(27-2)6-4-13/h3-8,12,16-17,23-24H,9-11H2,1-2H3/t12-,16+,17+/m0/s1. The number of ether oxygens (including phenoxy) is 2. The second-order valence-corrected chi connectivity index (χ2v) is 6.90. The highest BCUT2D eigenvalue weighted by atomic mass is 19.1. The van der Waals surface area contributed by atoms with Crippen LogP contribution in [0.15, 0.2) is 46.1 Å². The molecule has 0 aliphatic carbocycles. The summed E-state index contributed by atoms with van der Waals surface area (Å²) in [5.74, 6) is -0.208. The number of hydrogen-bond acceptors (Lipinski definition) is 6. The minimum Gasteiger partial charge on any atom is -0.497 e. The van der Waals surface area contributed by atoms with Gasteiger partial charge in [0.1, 0.15) is 11.4 Å². The van der Waals surface area contributed by atoms with Crippen molar-refractivity contribution in [3.05, 3.63) is 62.9 Å². The number of halogens is 1. The molecule has 1 saturated heterocycles. The van der Waals surface area contributed by atoms with E-state index in [4.69, 9.17) is 9.47 Å². The summed E-state index contributed by atoms with van der Waals surface area (Å²) in [7, 11) is 1.53. The third kappa shape index (κ3) is 3.36. The van der Waals surface area contributed by atoms with E-state index in [0.29, 0.717) is 11.3 Å². The fourth-order valence-corrected chi connectivity index (χ4v) is 3.36. The van der Waals surface area contributed by atoms with Crippen LogP contribution in [-0.4, -0.2) is 51.4 Å². The van der Waals surface area contributed by atoms with E-state index in [1.165, 1.54) is 20.2 Å². The summed E-state index contributed by atoms with van der Waals surface area (Å²) in [6, 6.07) is 8.01. The van der Waals surface area contributed by atoms with Gasteiger partial charge in [0.05, 0.1) is 26.9 Å². The first kappa shape index (κ1) is 20.2. The maximum atomic E-state index is 14.9. The van der Waals surface area contributed by atoms with Gasteiger partial charge < -0.3 is 19.7 Å². The number of methoxy groups -OCH3 is 1. The van der Waals surface area contributed by atoms with Crippen molar-refractivity contribution in [1.82, 2.24) is 9.13 Å². The van der Waals surface area contributed by atoms with Crippen molar-refractivity contribution in [3.8, 4) is 5.75 Å². The molecule has 0 unspecified atom stereocenters. The Labute approximate surface area is 160 Å². The molecule has 0 bridgehead atoms. The van der Waals surface area contributed by atoms with Gasteiger partial charge in [0.25, 0.3) is 5.56 Å². The van der Waals surface area contributed by atoms with Crippen molar-refractivity contribution in [1.29, 1.82) is 0 Å². The van der Waals surface area contributed by atoms with Crippen LogP contribution < -0.4 is 16.0 Å². The quantitative estimate of drug-likeness (QED) is 0.730. The van der Waals surface area contributed by atoms with Crippen LogP contribution in [0.25, 0.3) is 0 Å². The third-order valence-electron chi connectivity index (χ3n) is 5.34. The molecule has 0 amide bonds. The minimum atomic E-state index is -1.65. The molecule has 3 atom stereocenters. The van der Waals surface area contributed by atoms with Crippen LogP contribution in [0.2, 0.25) is 0 Å². The molecule has 152 valence electrons. The van der Waals surface area contributed by atoms with Gasteiger partial charge in [-0.3, -0.25) is 13.9 Å². The highest BCUT2D eigenvalue weighted by Gasteiger charge is 2.53. The van der Waals surface area contributed by atoms with E-state index >= 15 is 0 Å².